The monoisotopic (exact) mass is 420 g/mol. The third kappa shape index (κ3) is 3.91. The van der Waals surface area contributed by atoms with Gasteiger partial charge in [-0.3, -0.25) is 9.59 Å². The van der Waals surface area contributed by atoms with Crippen LogP contribution in [0.5, 0.6) is 0 Å². The molecule has 4 rings (SSSR count). The topological polar surface area (TPSA) is 94.0 Å². The number of nitrogens with one attached hydrogen (secondary N) is 3. The molecular formula is C24H25FN4O2. The van der Waals surface area contributed by atoms with Gasteiger partial charge in [-0.15, -0.1) is 0 Å². The smallest absolute Gasteiger partial charge is 0.241 e. The number of rotatable bonds is 3. The molecule has 2 amide bonds. The van der Waals surface area contributed by atoms with E-state index in [-0.39, 0.29) is 35.9 Å². The molecule has 3 N–H and O–H groups in total. The van der Waals surface area contributed by atoms with Gasteiger partial charge >= 0.3 is 0 Å². The van der Waals surface area contributed by atoms with Crippen LogP contribution in [0.4, 0.5) is 15.8 Å². The van der Waals surface area contributed by atoms with Crippen LogP contribution in [0.2, 0.25) is 0 Å². The average Bonchev–Trinajstić information content (AvgIpc) is 3.26. The highest BCUT2D eigenvalue weighted by atomic mass is 19.1. The maximum atomic E-state index is 14.8. The second-order valence-corrected chi connectivity index (χ2v) is 9.59. The highest BCUT2D eigenvalue weighted by Crippen LogP contribution is 2.45. The second kappa shape index (κ2) is 7.47. The van der Waals surface area contributed by atoms with E-state index in [0.717, 1.165) is 5.56 Å². The molecule has 0 aliphatic carbocycles. The van der Waals surface area contributed by atoms with Crippen LogP contribution in [0, 0.1) is 22.6 Å². The van der Waals surface area contributed by atoms with E-state index in [2.05, 4.69) is 36.7 Å². The van der Waals surface area contributed by atoms with Crippen molar-refractivity contribution in [3.63, 3.8) is 0 Å². The molecule has 1 spiro atoms. The van der Waals surface area contributed by atoms with Gasteiger partial charge in [-0.1, -0.05) is 26.8 Å². The van der Waals surface area contributed by atoms with E-state index in [4.69, 9.17) is 5.26 Å². The first-order valence-electron chi connectivity index (χ1n) is 10.3. The zero-order chi connectivity index (χ0) is 22.4. The minimum absolute atomic E-state index is 0.0265. The van der Waals surface area contributed by atoms with Crippen LogP contribution in [-0.4, -0.2) is 24.4 Å². The first-order valence-corrected chi connectivity index (χ1v) is 10.3. The number of fused-ring (bicyclic) bond motifs is 2. The highest BCUT2D eigenvalue weighted by Gasteiger charge is 2.53. The molecule has 1 saturated heterocycles. The van der Waals surface area contributed by atoms with Gasteiger partial charge in [0.1, 0.15) is 5.82 Å². The van der Waals surface area contributed by atoms with Crippen LogP contribution in [0.1, 0.15) is 43.9 Å². The summed E-state index contributed by atoms with van der Waals surface area (Å²) < 4.78 is 14.8. The summed E-state index contributed by atoms with van der Waals surface area (Å²) in [6, 6.07) is 11.4. The number of hydrogen-bond donors (Lipinski definition) is 3. The fourth-order valence-electron chi connectivity index (χ4n) is 4.45. The maximum Gasteiger partial charge on any atom is 0.241 e. The van der Waals surface area contributed by atoms with E-state index in [9.17, 15) is 14.0 Å². The van der Waals surface area contributed by atoms with E-state index in [0.29, 0.717) is 23.2 Å². The van der Waals surface area contributed by atoms with Crippen LogP contribution >= 0.6 is 0 Å². The molecule has 2 aromatic rings. The molecule has 0 saturated carbocycles. The largest absolute Gasteiger partial charge is 0.325 e. The fraction of sp³-hybridized carbons (Fsp3) is 0.375. The van der Waals surface area contributed by atoms with E-state index in [1.54, 1.807) is 24.3 Å². The first-order chi connectivity index (χ1) is 14.6. The van der Waals surface area contributed by atoms with Crippen molar-refractivity contribution < 1.29 is 14.0 Å². The van der Waals surface area contributed by atoms with Crippen LogP contribution in [-0.2, 0) is 21.4 Å². The molecule has 2 atom stereocenters. The molecule has 0 bridgehead atoms. The molecule has 0 radical (unpaired) electrons. The van der Waals surface area contributed by atoms with E-state index in [1.165, 1.54) is 6.07 Å². The Morgan fingerprint density at radius 3 is 2.65 bits per heavy atom. The van der Waals surface area contributed by atoms with Crippen molar-refractivity contribution in [2.24, 2.45) is 5.41 Å². The van der Waals surface area contributed by atoms with Crippen LogP contribution < -0.4 is 16.0 Å². The van der Waals surface area contributed by atoms with Gasteiger partial charge in [0, 0.05) is 12.2 Å². The first kappa shape index (κ1) is 21.0. The van der Waals surface area contributed by atoms with Crippen molar-refractivity contribution in [2.45, 2.75) is 45.1 Å². The molecule has 160 valence electrons. The third-order valence-corrected chi connectivity index (χ3v) is 5.87. The van der Waals surface area contributed by atoms with Crippen LogP contribution in [0.25, 0.3) is 0 Å². The zero-order valence-electron chi connectivity index (χ0n) is 17.8. The van der Waals surface area contributed by atoms with Gasteiger partial charge in [-0.25, -0.2) is 4.39 Å². The number of nitriles is 1. The van der Waals surface area contributed by atoms with E-state index in [1.807, 2.05) is 12.1 Å². The normalized spacial score (nSPS) is 22.2. The third-order valence-electron chi connectivity index (χ3n) is 5.87. The molecule has 2 aromatic carbocycles. The molecule has 2 heterocycles. The van der Waals surface area contributed by atoms with Gasteiger partial charge in [-0.05, 0) is 59.7 Å². The van der Waals surface area contributed by atoms with Crippen molar-refractivity contribution in [1.82, 2.24) is 5.32 Å². The van der Waals surface area contributed by atoms with Gasteiger partial charge in [-0.2, -0.15) is 5.26 Å². The van der Waals surface area contributed by atoms with Crippen LogP contribution in [0.3, 0.4) is 0 Å². The number of amides is 2. The Kier molecular flexibility index (Phi) is 5.06. The van der Waals surface area contributed by atoms with Crippen molar-refractivity contribution in [2.75, 3.05) is 17.2 Å². The summed E-state index contributed by atoms with van der Waals surface area (Å²) >= 11 is 0. The summed E-state index contributed by atoms with van der Waals surface area (Å²) in [6.07, 6.45) is 0.920. The molecule has 2 unspecified atom stereocenters. The number of carbonyl (C=O) groups is 2. The second-order valence-electron chi connectivity index (χ2n) is 9.59. The molecule has 2 aliphatic rings. The van der Waals surface area contributed by atoms with Gasteiger partial charge < -0.3 is 16.0 Å². The molecule has 6 nitrogen and oxygen atoms in total. The van der Waals surface area contributed by atoms with Crippen molar-refractivity contribution in [1.29, 1.82) is 5.26 Å². The quantitative estimate of drug-likeness (QED) is 0.709. The molecule has 31 heavy (non-hydrogen) atoms. The number of hydrogen-bond acceptors (Lipinski definition) is 4. The lowest BCUT2D eigenvalue weighted by Crippen LogP contribution is -2.36. The summed E-state index contributed by atoms with van der Waals surface area (Å²) in [4.78, 5) is 25.7. The average molecular weight is 420 g/mol. The minimum atomic E-state index is -0.975. The van der Waals surface area contributed by atoms with Crippen molar-refractivity contribution in [3.05, 3.63) is 58.9 Å². The summed E-state index contributed by atoms with van der Waals surface area (Å²) in [5.41, 5.74) is 1.75. The standard InChI is InChI=1S/C24H25FN4O2/c1-23(2,3)10-15-8-17-20(18(25)9-15)29-22(31)24(17)11-19(27-13-24)21(30)28-16-6-4-14(12-26)5-7-16/h4-9,19,27H,10-11,13H2,1-3H3,(H,28,30)(H,29,31). The van der Waals surface area contributed by atoms with Crippen molar-refractivity contribution in [3.8, 4) is 6.07 Å². The Hall–Kier alpha value is -3.24. The summed E-state index contributed by atoms with van der Waals surface area (Å²) in [6.45, 7) is 6.50. The Morgan fingerprint density at radius 2 is 2.00 bits per heavy atom. The Labute approximate surface area is 180 Å². The summed E-state index contributed by atoms with van der Waals surface area (Å²) in [5, 5.41) is 17.5. The summed E-state index contributed by atoms with van der Waals surface area (Å²) in [5.74, 6) is -0.989. The SMILES string of the molecule is CC(C)(C)Cc1cc(F)c2c(c1)C1(CNC(C(=O)Nc3ccc(C#N)cc3)C1)C(=O)N2. The highest BCUT2D eigenvalue weighted by molar-refractivity contribution is 6.08. The Bertz CT molecular complexity index is 1100. The van der Waals surface area contributed by atoms with Crippen LogP contribution in [0.15, 0.2) is 36.4 Å². The number of nitrogens with zero attached hydrogens (tertiary/aromatic N) is 1. The van der Waals surface area contributed by atoms with Gasteiger partial charge in [0.2, 0.25) is 11.8 Å². The zero-order valence-corrected chi connectivity index (χ0v) is 17.8. The molecule has 1 fully saturated rings. The molecule has 2 aliphatic heterocycles. The van der Waals surface area contributed by atoms with Gasteiger partial charge in [0.05, 0.1) is 28.8 Å². The lowest BCUT2D eigenvalue weighted by atomic mass is 9.77. The molecular weight excluding hydrogens is 395 g/mol. The number of carbonyl (C=O) groups excluding carboxylic acids is 2. The van der Waals surface area contributed by atoms with Gasteiger partial charge in [0.25, 0.3) is 0 Å². The number of benzene rings is 2. The lowest BCUT2D eigenvalue weighted by molar-refractivity contribution is -0.120. The Morgan fingerprint density at radius 1 is 1.29 bits per heavy atom. The molecule has 7 heteroatoms. The number of halogens is 1. The number of anilines is 2. The van der Waals surface area contributed by atoms with Gasteiger partial charge in [0.15, 0.2) is 0 Å². The minimum Gasteiger partial charge on any atom is -0.325 e. The van der Waals surface area contributed by atoms with E-state index >= 15 is 0 Å². The maximum absolute atomic E-state index is 14.8. The lowest BCUT2D eigenvalue weighted by Gasteiger charge is -2.23. The van der Waals surface area contributed by atoms with E-state index < -0.39 is 17.3 Å². The molecule has 0 aromatic heterocycles. The summed E-state index contributed by atoms with van der Waals surface area (Å²) in [7, 11) is 0. The predicted octanol–water partition coefficient (Wildman–Crippen LogP) is 3.48. The van der Waals surface area contributed by atoms with Crippen molar-refractivity contribution >= 4 is 23.2 Å². The fourth-order valence-corrected chi connectivity index (χ4v) is 4.45. The predicted molar refractivity (Wildman–Crippen MR) is 116 cm³/mol. The Balaban J connectivity index is 1.57.